The van der Waals surface area contributed by atoms with E-state index in [4.69, 9.17) is 11.6 Å². The van der Waals surface area contributed by atoms with Crippen LogP contribution < -0.4 is 0 Å². The quantitative estimate of drug-likeness (QED) is 0.757. The van der Waals surface area contributed by atoms with Gasteiger partial charge in [-0.1, -0.05) is 6.92 Å². The molecule has 1 rings (SSSR count). The van der Waals surface area contributed by atoms with Crippen molar-refractivity contribution in [2.45, 2.75) is 18.9 Å². The van der Waals surface area contributed by atoms with Gasteiger partial charge in [0.1, 0.15) is 0 Å². The number of sulfone groups is 1. The molecular weight excluding hydrogens is 236 g/mol. The average molecular weight is 249 g/mol. The Morgan fingerprint density at radius 1 is 1.40 bits per heavy atom. The summed E-state index contributed by atoms with van der Waals surface area (Å²) in [6.45, 7) is 3.42. The average Bonchev–Trinajstić information content (AvgIpc) is 2.17. The summed E-state index contributed by atoms with van der Waals surface area (Å²) in [6.07, 6.45) is 2.85. The minimum atomic E-state index is -3.36. The summed E-state index contributed by atoms with van der Waals surface area (Å²) >= 11 is 5.58. The molecular formula is C9H13ClN2O2S. The molecule has 4 nitrogen and oxygen atoms in total. The zero-order chi connectivity index (χ0) is 11.5. The van der Waals surface area contributed by atoms with Gasteiger partial charge in [0.05, 0.1) is 11.4 Å². The predicted octanol–water partition coefficient (Wildman–Crippen LogP) is 1.43. The summed E-state index contributed by atoms with van der Waals surface area (Å²) in [5.74, 6) is 0.243. The monoisotopic (exact) mass is 248 g/mol. The highest BCUT2D eigenvalue weighted by atomic mass is 35.5. The highest BCUT2D eigenvalue weighted by Crippen LogP contribution is 2.14. The van der Waals surface area contributed by atoms with Crippen molar-refractivity contribution in [1.82, 2.24) is 9.97 Å². The molecule has 1 unspecified atom stereocenters. The Kier molecular flexibility index (Phi) is 4.04. The van der Waals surface area contributed by atoms with E-state index in [1.54, 1.807) is 13.8 Å². The molecule has 0 aliphatic rings. The number of hydrogen-bond acceptors (Lipinski definition) is 4. The second-order valence-electron chi connectivity index (χ2n) is 3.49. The lowest BCUT2D eigenvalue weighted by Gasteiger charge is -2.08. The molecule has 0 aliphatic heterocycles. The van der Waals surface area contributed by atoms with Crippen LogP contribution in [0.25, 0.3) is 0 Å². The number of nitrogens with zero attached hydrogens (tertiary/aromatic N) is 2. The van der Waals surface area contributed by atoms with Gasteiger partial charge in [0.25, 0.3) is 0 Å². The maximum Gasteiger partial charge on any atom is 0.197 e. The number of rotatable bonds is 4. The van der Waals surface area contributed by atoms with Crippen LogP contribution in [-0.4, -0.2) is 30.0 Å². The number of hydrogen-bond donors (Lipinski definition) is 0. The summed E-state index contributed by atoms with van der Waals surface area (Å²) in [6, 6.07) is 0. The number of alkyl halides is 1. The van der Waals surface area contributed by atoms with Gasteiger partial charge in [-0.2, -0.15) is 0 Å². The van der Waals surface area contributed by atoms with Gasteiger partial charge in [-0.25, -0.2) is 13.4 Å². The summed E-state index contributed by atoms with van der Waals surface area (Å²) in [5, 5.41) is 0.0574. The Hall–Kier alpha value is -0.680. The maximum atomic E-state index is 11.9. The van der Waals surface area contributed by atoms with E-state index in [9.17, 15) is 8.42 Å². The van der Waals surface area contributed by atoms with Crippen LogP contribution in [0.15, 0.2) is 17.4 Å². The molecule has 0 radical (unpaired) electrons. The molecule has 0 aliphatic carbocycles. The topological polar surface area (TPSA) is 59.9 Å². The molecule has 1 heterocycles. The van der Waals surface area contributed by atoms with Gasteiger partial charge in [0.2, 0.25) is 0 Å². The molecule has 15 heavy (non-hydrogen) atoms. The van der Waals surface area contributed by atoms with E-state index in [-0.39, 0.29) is 16.7 Å². The fourth-order valence-corrected chi connectivity index (χ4v) is 3.19. The van der Waals surface area contributed by atoms with Crippen LogP contribution in [0.5, 0.6) is 0 Å². The van der Waals surface area contributed by atoms with Crippen LogP contribution in [0.4, 0.5) is 0 Å². The van der Waals surface area contributed by atoms with E-state index in [1.807, 2.05) is 0 Å². The van der Waals surface area contributed by atoms with E-state index in [1.165, 1.54) is 12.4 Å². The summed E-state index contributed by atoms with van der Waals surface area (Å²) in [5.41, 5.74) is 0.430. The Morgan fingerprint density at radius 2 is 2.00 bits per heavy atom. The lowest BCUT2D eigenvalue weighted by atomic mass is 10.3. The van der Waals surface area contributed by atoms with Gasteiger partial charge in [-0.3, -0.25) is 4.98 Å². The lowest BCUT2D eigenvalue weighted by Crippen LogP contribution is -2.17. The molecule has 0 bridgehead atoms. The number of halogens is 1. The first-order valence-corrected chi connectivity index (χ1v) is 6.72. The van der Waals surface area contributed by atoms with Crippen molar-refractivity contribution in [3.8, 4) is 0 Å². The largest absolute Gasteiger partial charge is 0.257 e. The van der Waals surface area contributed by atoms with Gasteiger partial charge in [0, 0.05) is 18.3 Å². The van der Waals surface area contributed by atoms with Crippen molar-refractivity contribution in [2.75, 3.05) is 11.6 Å². The second-order valence-corrected chi connectivity index (χ2v) is 5.75. The smallest absolute Gasteiger partial charge is 0.197 e. The first-order chi connectivity index (χ1) is 6.97. The van der Waals surface area contributed by atoms with Crippen LogP contribution >= 0.6 is 11.6 Å². The molecule has 1 atom stereocenters. The molecule has 0 aromatic carbocycles. The van der Waals surface area contributed by atoms with Gasteiger partial charge in [-0.05, 0) is 12.8 Å². The van der Waals surface area contributed by atoms with Gasteiger partial charge in [-0.15, -0.1) is 11.6 Å². The summed E-state index contributed by atoms with van der Waals surface area (Å²) < 4.78 is 23.7. The SMILES string of the molecule is Cc1nccnc1S(=O)(=O)CC(C)CCl. The van der Waals surface area contributed by atoms with Crippen LogP contribution in [0.2, 0.25) is 0 Å². The van der Waals surface area contributed by atoms with Crippen LogP contribution in [0.3, 0.4) is 0 Å². The Bertz CT molecular complexity index is 433. The normalized spacial score (nSPS) is 13.8. The van der Waals surface area contributed by atoms with Crippen LogP contribution in [0.1, 0.15) is 12.6 Å². The van der Waals surface area contributed by atoms with Crippen molar-refractivity contribution in [3.05, 3.63) is 18.1 Å². The molecule has 0 N–H and O–H groups in total. The molecule has 0 saturated heterocycles. The fourth-order valence-electron chi connectivity index (χ4n) is 1.20. The summed E-state index contributed by atoms with van der Waals surface area (Å²) in [4.78, 5) is 7.75. The van der Waals surface area contributed by atoms with Crippen molar-refractivity contribution in [2.24, 2.45) is 5.92 Å². The standard InChI is InChI=1S/C9H13ClN2O2S/c1-7(5-10)6-15(13,14)9-8(2)11-3-4-12-9/h3-4,7H,5-6H2,1-2H3. The molecule has 0 fully saturated rings. The lowest BCUT2D eigenvalue weighted by molar-refractivity contribution is 0.577. The minimum Gasteiger partial charge on any atom is -0.257 e. The van der Waals surface area contributed by atoms with Crippen molar-refractivity contribution < 1.29 is 8.42 Å². The second kappa shape index (κ2) is 4.90. The van der Waals surface area contributed by atoms with Crippen LogP contribution in [-0.2, 0) is 9.84 Å². The first kappa shape index (κ1) is 12.4. The fraction of sp³-hybridized carbons (Fsp3) is 0.556. The van der Waals surface area contributed by atoms with Crippen molar-refractivity contribution in [3.63, 3.8) is 0 Å². The highest BCUT2D eigenvalue weighted by Gasteiger charge is 2.21. The van der Waals surface area contributed by atoms with Crippen molar-refractivity contribution in [1.29, 1.82) is 0 Å². The molecule has 6 heteroatoms. The Balaban J connectivity index is 3.02. The van der Waals surface area contributed by atoms with E-state index >= 15 is 0 Å². The third-order valence-corrected chi connectivity index (χ3v) is 4.42. The Labute approximate surface area is 94.6 Å². The number of aryl methyl sites for hydroxylation is 1. The predicted molar refractivity (Wildman–Crippen MR) is 58.7 cm³/mol. The Morgan fingerprint density at radius 3 is 2.53 bits per heavy atom. The highest BCUT2D eigenvalue weighted by molar-refractivity contribution is 7.91. The van der Waals surface area contributed by atoms with Gasteiger partial charge in [0.15, 0.2) is 14.9 Å². The number of aromatic nitrogens is 2. The molecule has 1 aromatic heterocycles. The minimum absolute atomic E-state index is 0.00995. The zero-order valence-electron chi connectivity index (χ0n) is 8.64. The van der Waals surface area contributed by atoms with E-state index < -0.39 is 9.84 Å². The van der Waals surface area contributed by atoms with E-state index in [2.05, 4.69) is 9.97 Å². The van der Waals surface area contributed by atoms with E-state index in [0.717, 1.165) is 0 Å². The summed E-state index contributed by atoms with van der Waals surface area (Å²) in [7, 11) is -3.36. The van der Waals surface area contributed by atoms with Crippen LogP contribution in [0, 0.1) is 12.8 Å². The molecule has 1 aromatic rings. The maximum absolute atomic E-state index is 11.9. The molecule has 84 valence electrons. The van der Waals surface area contributed by atoms with Gasteiger partial charge < -0.3 is 0 Å². The van der Waals surface area contributed by atoms with Crippen molar-refractivity contribution >= 4 is 21.4 Å². The van der Waals surface area contributed by atoms with E-state index in [0.29, 0.717) is 11.6 Å². The molecule has 0 spiro atoms. The zero-order valence-corrected chi connectivity index (χ0v) is 10.2. The third kappa shape index (κ3) is 3.14. The molecule has 0 amide bonds. The molecule has 0 saturated carbocycles. The van der Waals surface area contributed by atoms with Gasteiger partial charge >= 0.3 is 0 Å². The third-order valence-electron chi connectivity index (χ3n) is 1.90. The first-order valence-electron chi connectivity index (χ1n) is 4.53.